The smallest absolute Gasteiger partial charge is 0.0582 e. The van der Waals surface area contributed by atoms with E-state index in [2.05, 4.69) is 0 Å². The normalized spacial score (nSPS) is 11.4. The van der Waals surface area contributed by atoms with E-state index in [0.29, 0.717) is 0 Å². The molecule has 11 heteroatoms. The van der Waals surface area contributed by atoms with Crippen molar-refractivity contribution in [3.05, 3.63) is 0 Å². The fourth-order valence-electron chi connectivity index (χ4n) is 0.391. The summed E-state index contributed by atoms with van der Waals surface area (Å²) in [5.41, 5.74) is 4.91. The van der Waals surface area contributed by atoms with Crippen LogP contribution in [0.4, 0.5) is 0 Å². The minimum Gasteiger partial charge on any atom is -0.759 e. The van der Waals surface area contributed by atoms with Gasteiger partial charge in [-0.3, -0.25) is 8.42 Å². The Morgan fingerprint density at radius 1 is 1.19 bits per heavy atom. The van der Waals surface area contributed by atoms with E-state index in [9.17, 15) is 19.8 Å². The van der Waals surface area contributed by atoms with Crippen molar-refractivity contribution >= 4 is 22.3 Å². The van der Waals surface area contributed by atoms with Gasteiger partial charge in [-0.2, -0.15) is 0 Å². The molecule has 1 atom stereocenters. The molecule has 9 nitrogen and oxygen atoms in total. The molecule has 0 bridgehead atoms. The maximum Gasteiger partial charge on any atom is 0.0582 e. The Hall–Kier alpha value is -0.711. The van der Waals surface area contributed by atoms with Gasteiger partial charge in [0.1, 0.15) is 0 Å². The molecule has 0 saturated carbocycles. The number of carboxylic acid groups (broad SMARTS) is 2. The first-order chi connectivity index (χ1) is 6.54. The van der Waals surface area contributed by atoms with Crippen molar-refractivity contribution in [1.29, 1.82) is 0 Å². The van der Waals surface area contributed by atoms with Crippen LogP contribution in [0.3, 0.4) is 0 Å². The van der Waals surface area contributed by atoms with Gasteiger partial charge >= 0.3 is 0 Å². The van der Waals surface area contributed by atoms with Crippen LogP contribution in [0.1, 0.15) is 12.8 Å². The Bertz CT molecular complexity index is 306. The van der Waals surface area contributed by atoms with Crippen LogP contribution < -0.4 is 15.9 Å². The van der Waals surface area contributed by atoms with Crippen molar-refractivity contribution in [2.45, 2.75) is 18.9 Å². The first-order valence-corrected chi connectivity index (χ1v) is 4.70. The van der Waals surface area contributed by atoms with Crippen LogP contribution in [0.15, 0.2) is 0 Å². The predicted molar refractivity (Wildman–Crippen MR) is 37.7 cm³/mol. The SMILES string of the molecule is N[C@@H](CCC(=O)[O-])C(=O)[O-].O=S(=O)([O-])[O-].[Mn]. The molecule has 0 fully saturated rings. The van der Waals surface area contributed by atoms with Crippen LogP contribution >= 0.6 is 0 Å². The first kappa shape index (κ1) is 20.7. The van der Waals surface area contributed by atoms with E-state index < -0.39 is 28.4 Å². The molecule has 0 aliphatic carbocycles. The topological polar surface area (TPSA) is 187 Å². The summed E-state index contributed by atoms with van der Waals surface area (Å²) in [6.45, 7) is 0. The summed E-state index contributed by atoms with van der Waals surface area (Å²) >= 11 is 0. The summed E-state index contributed by atoms with van der Waals surface area (Å²) in [4.78, 5) is 19.6. The van der Waals surface area contributed by atoms with Crippen LogP contribution in [0.2, 0.25) is 0 Å². The van der Waals surface area contributed by atoms with Gasteiger partial charge in [0.2, 0.25) is 0 Å². The molecule has 0 rings (SSSR count). The van der Waals surface area contributed by atoms with Gasteiger partial charge < -0.3 is 34.6 Å². The Labute approximate surface area is 102 Å². The van der Waals surface area contributed by atoms with E-state index in [1.807, 2.05) is 0 Å². The molecular formula is C5H7MnNO8S-4. The van der Waals surface area contributed by atoms with Crippen LogP contribution in [-0.4, -0.2) is 35.5 Å². The minimum absolute atomic E-state index is 0. The molecule has 2 N–H and O–H groups in total. The number of hydrogen-bond donors (Lipinski definition) is 1. The fraction of sp³-hybridized carbons (Fsp3) is 0.600. The van der Waals surface area contributed by atoms with Gasteiger partial charge in [-0.05, 0) is 12.8 Å². The minimum atomic E-state index is -5.17. The zero-order chi connectivity index (χ0) is 12.6. The number of rotatable bonds is 4. The molecule has 0 spiro atoms. The molecule has 0 aliphatic rings. The predicted octanol–water partition coefficient (Wildman–Crippen LogP) is -4.75. The molecule has 0 aromatic carbocycles. The van der Waals surface area contributed by atoms with Crippen LogP contribution in [0.25, 0.3) is 0 Å². The van der Waals surface area contributed by atoms with Crippen molar-refractivity contribution in [2.75, 3.05) is 0 Å². The van der Waals surface area contributed by atoms with E-state index in [4.69, 9.17) is 23.3 Å². The molecule has 0 aromatic heterocycles. The molecule has 16 heavy (non-hydrogen) atoms. The van der Waals surface area contributed by atoms with Crippen molar-refractivity contribution in [3.8, 4) is 0 Å². The number of hydrogen-bond acceptors (Lipinski definition) is 9. The summed E-state index contributed by atoms with van der Waals surface area (Å²) in [7, 11) is -5.17. The number of carboxylic acids is 2. The Morgan fingerprint density at radius 2 is 1.50 bits per heavy atom. The van der Waals surface area contributed by atoms with Crippen LogP contribution in [0, 0.1) is 0 Å². The number of aliphatic carboxylic acids is 2. The molecule has 97 valence electrons. The van der Waals surface area contributed by atoms with Crippen molar-refractivity contribution in [3.63, 3.8) is 0 Å². The standard InChI is InChI=1S/C5H9NO4.Mn.H2O4S/c6-3(5(9)10)1-2-4(7)8;;1-5(2,3)4/h3H,1-2,6H2,(H,7,8)(H,9,10);;(H2,1,2,3,4)/p-4/t3-;;/m0../s1. The second kappa shape index (κ2) is 9.51. The second-order valence-electron chi connectivity index (χ2n) is 2.24. The van der Waals surface area contributed by atoms with Crippen molar-refractivity contribution in [2.24, 2.45) is 5.73 Å². The van der Waals surface area contributed by atoms with Gasteiger partial charge in [-0.15, -0.1) is 0 Å². The van der Waals surface area contributed by atoms with Gasteiger partial charge in [-0.25, -0.2) is 0 Å². The van der Waals surface area contributed by atoms with Gasteiger partial charge in [0, 0.05) is 39.5 Å². The quantitative estimate of drug-likeness (QED) is 0.302. The summed E-state index contributed by atoms with van der Waals surface area (Å²) in [5.74, 6) is -2.75. The summed E-state index contributed by atoms with van der Waals surface area (Å²) in [5, 5.41) is 19.6. The maximum absolute atomic E-state index is 9.86. The fourth-order valence-corrected chi connectivity index (χ4v) is 0.391. The van der Waals surface area contributed by atoms with E-state index in [-0.39, 0.29) is 29.9 Å². The average molecular weight is 296 g/mol. The van der Waals surface area contributed by atoms with Gasteiger partial charge in [-0.1, -0.05) is 0 Å². The zero-order valence-electron chi connectivity index (χ0n) is 7.62. The molecule has 1 radical (unpaired) electrons. The number of carbonyl (C=O) groups excluding carboxylic acids is 2. The molecule has 0 aliphatic heterocycles. The van der Waals surface area contributed by atoms with Gasteiger partial charge in [0.25, 0.3) is 0 Å². The Morgan fingerprint density at radius 3 is 1.69 bits per heavy atom. The van der Waals surface area contributed by atoms with Gasteiger partial charge in [0.15, 0.2) is 0 Å². The largest absolute Gasteiger partial charge is 0.759 e. The summed E-state index contributed by atoms with van der Waals surface area (Å²) < 4.78 is 34.1. The van der Waals surface area contributed by atoms with E-state index in [0.717, 1.165) is 0 Å². The summed E-state index contributed by atoms with van der Waals surface area (Å²) in [6, 6.07) is -1.21. The third-order valence-corrected chi connectivity index (χ3v) is 0.962. The van der Waals surface area contributed by atoms with Crippen LogP contribution in [0.5, 0.6) is 0 Å². The molecule has 0 amide bonds. The molecule has 0 unspecified atom stereocenters. The Kier molecular flexibility index (Phi) is 12.3. The molecule has 0 heterocycles. The molecule has 0 aromatic rings. The van der Waals surface area contributed by atoms with Crippen molar-refractivity contribution < 1.29 is 54.4 Å². The maximum atomic E-state index is 9.86. The Balaban J connectivity index is -0.000000242. The van der Waals surface area contributed by atoms with E-state index in [1.165, 1.54) is 0 Å². The molecular weight excluding hydrogens is 289 g/mol. The molecule has 0 saturated heterocycles. The second-order valence-corrected chi connectivity index (χ2v) is 3.06. The monoisotopic (exact) mass is 296 g/mol. The third kappa shape index (κ3) is 29.2. The van der Waals surface area contributed by atoms with E-state index >= 15 is 0 Å². The average Bonchev–Trinajstić information content (AvgIpc) is 1.96. The van der Waals surface area contributed by atoms with Crippen molar-refractivity contribution in [1.82, 2.24) is 0 Å². The third-order valence-electron chi connectivity index (χ3n) is 0.962. The van der Waals surface area contributed by atoms with Gasteiger partial charge in [0.05, 0.1) is 5.97 Å². The van der Waals surface area contributed by atoms with Crippen LogP contribution in [-0.2, 0) is 37.1 Å². The zero-order valence-corrected chi connectivity index (χ0v) is 9.62. The van der Waals surface area contributed by atoms with E-state index in [1.54, 1.807) is 0 Å². The summed E-state index contributed by atoms with van der Waals surface area (Å²) in [6.07, 6.45) is -0.500. The number of nitrogens with two attached hydrogens (primary N) is 1. The first-order valence-electron chi connectivity index (χ1n) is 3.37. The number of carbonyl (C=O) groups is 2.